The second kappa shape index (κ2) is 7.64. The summed E-state index contributed by atoms with van der Waals surface area (Å²) in [6.45, 7) is 12.7. The van der Waals surface area contributed by atoms with E-state index >= 15 is 0 Å². The van der Waals surface area contributed by atoms with Crippen molar-refractivity contribution in [1.82, 2.24) is 5.32 Å². The van der Waals surface area contributed by atoms with Gasteiger partial charge in [-0.25, -0.2) is 0 Å². The van der Waals surface area contributed by atoms with Crippen molar-refractivity contribution in [2.24, 2.45) is 11.8 Å². The number of hydrogen-bond acceptors (Lipinski definition) is 2. The second-order valence-corrected chi connectivity index (χ2v) is 7.48. The molecule has 0 saturated carbocycles. The molecule has 21 heavy (non-hydrogen) atoms. The minimum atomic E-state index is 0.405. The van der Waals surface area contributed by atoms with Gasteiger partial charge in [-0.05, 0) is 55.8 Å². The van der Waals surface area contributed by atoms with Gasteiger partial charge in [-0.3, -0.25) is 0 Å². The van der Waals surface area contributed by atoms with Crippen LogP contribution in [0.25, 0.3) is 0 Å². The lowest BCUT2D eigenvalue weighted by molar-refractivity contribution is 0.323. The summed E-state index contributed by atoms with van der Waals surface area (Å²) >= 11 is 3.64. The average molecular weight is 353 g/mol. The molecule has 1 aromatic rings. The molecular formula is C18H29BrN2. The Balaban J connectivity index is 2.22. The van der Waals surface area contributed by atoms with Gasteiger partial charge >= 0.3 is 0 Å². The van der Waals surface area contributed by atoms with Crippen molar-refractivity contribution in [3.8, 4) is 0 Å². The molecule has 3 atom stereocenters. The van der Waals surface area contributed by atoms with Crippen LogP contribution in [0, 0.1) is 11.8 Å². The summed E-state index contributed by atoms with van der Waals surface area (Å²) in [5.41, 5.74) is 2.83. The number of piperidine rings is 1. The number of anilines is 1. The van der Waals surface area contributed by atoms with Gasteiger partial charge in [0.1, 0.15) is 0 Å². The van der Waals surface area contributed by atoms with Crippen LogP contribution in [0.3, 0.4) is 0 Å². The van der Waals surface area contributed by atoms with E-state index in [0.717, 1.165) is 18.4 Å². The molecule has 0 radical (unpaired) electrons. The van der Waals surface area contributed by atoms with Crippen molar-refractivity contribution < 1.29 is 0 Å². The van der Waals surface area contributed by atoms with Crippen molar-refractivity contribution in [1.29, 1.82) is 0 Å². The van der Waals surface area contributed by atoms with Gasteiger partial charge in [0.2, 0.25) is 0 Å². The Hall–Kier alpha value is -0.540. The zero-order valence-corrected chi connectivity index (χ0v) is 15.4. The summed E-state index contributed by atoms with van der Waals surface area (Å²) in [6, 6.07) is 7.14. The molecule has 1 saturated heterocycles. The van der Waals surface area contributed by atoms with Gasteiger partial charge in [0, 0.05) is 29.3 Å². The summed E-state index contributed by atoms with van der Waals surface area (Å²) in [7, 11) is 0. The minimum absolute atomic E-state index is 0.405. The molecule has 0 amide bonds. The first-order valence-electron chi connectivity index (χ1n) is 8.30. The highest BCUT2D eigenvalue weighted by Gasteiger charge is 2.25. The number of halogens is 1. The molecule has 0 aliphatic carbocycles. The molecule has 1 aliphatic heterocycles. The lowest BCUT2D eigenvalue weighted by Gasteiger charge is -2.38. The quantitative estimate of drug-likeness (QED) is 0.802. The van der Waals surface area contributed by atoms with Crippen molar-refractivity contribution in [3.63, 3.8) is 0 Å². The van der Waals surface area contributed by atoms with Gasteiger partial charge in [-0.1, -0.05) is 42.8 Å². The van der Waals surface area contributed by atoms with Gasteiger partial charge in [0.15, 0.2) is 0 Å². The number of nitrogens with one attached hydrogen (secondary N) is 1. The molecular weight excluding hydrogens is 324 g/mol. The van der Waals surface area contributed by atoms with Gasteiger partial charge in [0.05, 0.1) is 0 Å². The maximum Gasteiger partial charge on any atom is 0.0426 e. The molecule has 2 rings (SSSR count). The molecule has 0 bridgehead atoms. The highest BCUT2D eigenvalue weighted by molar-refractivity contribution is 9.10. The first-order chi connectivity index (χ1) is 10.0. The van der Waals surface area contributed by atoms with E-state index in [9.17, 15) is 0 Å². The van der Waals surface area contributed by atoms with Crippen molar-refractivity contribution in [3.05, 3.63) is 28.2 Å². The van der Waals surface area contributed by atoms with E-state index in [4.69, 9.17) is 0 Å². The molecule has 3 unspecified atom stereocenters. The molecule has 1 aromatic carbocycles. The highest BCUT2D eigenvalue weighted by Crippen LogP contribution is 2.34. The van der Waals surface area contributed by atoms with Crippen LogP contribution >= 0.6 is 15.9 Å². The summed E-state index contributed by atoms with van der Waals surface area (Å²) in [6.07, 6.45) is 2.47. The van der Waals surface area contributed by atoms with Crippen LogP contribution in [-0.4, -0.2) is 19.6 Å². The molecule has 0 aromatic heterocycles. The Morgan fingerprint density at radius 1 is 1.33 bits per heavy atom. The van der Waals surface area contributed by atoms with Gasteiger partial charge in [0.25, 0.3) is 0 Å². The monoisotopic (exact) mass is 352 g/mol. The average Bonchev–Trinajstić information content (AvgIpc) is 2.47. The summed E-state index contributed by atoms with van der Waals surface area (Å²) in [5.74, 6) is 1.61. The van der Waals surface area contributed by atoms with Gasteiger partial charge in [-0.15, -0.1) is 0 Å². The van der Waals surface area contributed by atoms with Crippen LogP contribution in [-0.2, 0) is 0 Å². The SMILES string of the molecule is CCCNC(C)c1ccc(Br)cc1N1CCC(C)C(C)C1. The van der Waals surface area contributed by atoms with E-state index in [1.165, 1.54) is 41.7 Å². The standard InChI is InChI=1S/C18H29BrN2/c1-5-9-20-15(4)17-7-6-16(19)11-18(17)21-10-8-13(2)14(3)12-21/h6-7,11,13-15,20H,5,8-10,12H2,1-4H3. The zero-order chi connectivity index (χ0) is 15.4. The van der Waals surface area contributed by atoms with Crippen molar-refractivity contribution in [2.45, 2.75) is 46.6 Å². The minimum Gasteiger partial charge on any atom is -0.371 e. The maximum absolute atomic E-state index is 3.64. The first-order valence-corrected chi connectivity index (χ1v) is 9.10. The Morgan fingerprint density at radius 2 is 2.10 bits per heavy atom. The lowest BCUT2D eigenvalue weighted by atomic mass is 9.88. The fourth-order valence-electron chi connectivity index (χ4n) is 3.11. The van der Waals surface area contributed by atoms with Gasteiger partial charge < -0.3 is 10.2 Å². The van der Waals surface area contributed by atoms with Crippen molar-refractivity contribution >= 4 is 21.6 Å². The van der Waals surface area contributed by atoms with Crippen LogP contribution in [0.4, 0.5) is 5.69 Å². The molecule has 0 spiro atoms. The summed E-state index contributed by atoms with van der Waals surface area (Å²) in [4.78, 5) is 2.58. The number of nitrogens with zero attached hydrogens (tertiary/aromatic N) is 1. The molecule has 1 fully saturated rings. The van der Waals surface area contributed by atoms with Crippen LogP contribution in [0.15, 0.2) is 22.7 Å². The molecule has 2 nitrogen and oxygen atoms in total. The van der Waals surface area contributed by atoms with E-state index in [1.807, 2.05) is 0 Å². The predicted molar refractivity (Wildman–Crippen MR) is 96.0 cm³/mol. The smallest absolute Gasteiger partial charge is 0.0426 e. The molecule has 118 valence electrons. The van der Waals surface area contributed by atoms with Crippen LogP contribution in [0.5, 0.6) is 0 Å². The second-order valence-electron chi connectivity index (χ2n) is 6.57. The van der Waals surface area contributed by atoms with E-state index in [0.29, 0.717) is 6.04 Å². The van der Waals surface area contributed by atoms with Crippen LogP contribution < -0.4 is 10.2 Å². The maximum atomic E-state index is 3.64. The summed E-state index contributed by atoms with van der Waals surface area (Å²) in [5, 5.41) is 3.63. The number of rotatable bonds is 5. The van der Waals surface area contributed by atoms with E-state index in [-0.39, 0.29) is 0 Å². The van der Waals surface area contributed by atoms with E-state index < -0.39 is 0 Å². The normalized spacial score (nSPS) is 24.1. The third-order valence-corrected chi connectivity index (χ3v) is 5.33. The zero-order valence-electron chi connectivity index (χ0n) is 13.8. The topological polar surface area (TPSA) is 15.3 Å². The fourth-order valence-corrected chi connectivity index (χ4v) is 3.46. The summed E-state index contributed by atoms with van der Waals surface area (Å²) < 4.78 is 1.18. The molecule has 1 heterocycles. The van der Waals surface area contributed by atoms with Crippen LogP contribution in [0.1, 0.15) is 52.1 Å². The Labute approximate surface area is 138 Å². The number of benzene rings is 1. The van der Waals surface area contributed by atoms with Crippen molar-refractivity contribution in [2.75, 3.05) is 24.5 Å². The molecule has 3 heteroatoms. The van der Waals surface area contributed by atoms with Gasteiger partial charge in [-0.2, -0.15) is 0 Å². The third kappa shape index (κ3) is 4.23. The lowest BCUT2D eigenvalue weighted by Crippen LogP contribution is -2.39. The molecule has 1 aliphatic rings. The molecule has 1 N–H and O–H groups in total. The Morgan fingerprint density at radius 3 is 2.76 bits per heavy atom. The Kier molecular flexibility index (Phi) is 6.12. The first kappa shape index (κ1) is 16.8. The fraction of sp³-hybridized carbons (Fsp3) is 0.667. The van der Waals surface area contributed by atoms with E-state index in [1.54, 1.807) is 0 Å². The van der Waals surface area contributed by atoms with E-state index in [2.05, 4.69) is 72.0 Å². The largest absolute Gasteiger partial charge is 0.371 e. The Bertz CT molecular complexity index is 461. The van der Waals surface area contributed by atoms with Crippen LogP contribution in [0.2, 0.25) is 0 Å². The number of hydrogen-bond donors (Lipinski definition) is 1. The predicted octanol–water partition coefficient (Wildman–Crippen LogP) is 4.99. The highest BCUT2D eigenvalue weighted by atomic mass is 79.9. The third-order valence-electron chi connectivity index (χ3n) is 4.83.